The van der Waals surface area contributed by atoms with Crippen LogP contribution in [0.25, 0.3) is 33.4 Å². The Bertz CT molecular complexity index is 1910. The molecule has 0 unspecified atom stereocenters. The fraction of sp³-hybridized carbons (Fsp3) is 0.290. The number of hydrogen-bond donors (Lipinski definition) is 1. The molecule has 0 bridgehead atoms. The molecule has 1 N–H and O–H groups in total. The Labute approximate surface area is 248 Å². The molecule has 2 aliphatic heterocycles. The van der Waals surface area contributed by atoms with Gasteiger partial charge in [-0.05, 0) is 54.8 Å². The number of carbonyl (C=O) groups excluding carboxylic acids is 3. The van der Waals surface area contributed by atoms with Crippen LogP contribution >= 0.6 is 0 Å². The first kappa shape index (κ1) is 29.9. The van der Waals surface area contributed by atoms with Gasteiger partial charge in [-0.2, -0.15) is 8.42 Å². The van der Waals surface area contributed by atoms with Gasteiger partial charge in [0.15, 0.2) is 0 Å². The van der Waals surface area contributed by atoms with Crippen molar-refractivity contribution in [2.75, 3.05) is 38.3 Å². The number of anilines is 1. The molecule has 0 saturated carbocycles. The molecule has 11 nitrogen and oxygen atoms in total. The Hall–Kier alpha value is -4.55. The van der Waals surface area contributed by atoms with Crippen molar-refractivity contribution in [3.63, 3.8) is 0 Å². The van der Waals surface area contributed by atoms with Crippen LogP contribution in [-0.4, -0.2) is 69.3 Å². The minimum atomic E-state index is -4.04. The topological polar surface area (TPSA) is 137 Å². The fourth-order valence-corrected chi connectivity index (χ4v) is 5.65. The van der Waals surface area contributed by atoms with Crippen LogP contribution < -0.4 is 14.8 Å². The minimum Gasteiger partial charge on any atom is -0.456 e. The number of imide groups is 1. The lowest BCUT2D eigenvalue weighted by atomic mass is 9.90. The first-order chi connectivity index (χ1) is 20.3. The second-order valence-electron chi connectivity index (χ2n) is 10.8. The van der Waals surface area contributed by atoms with E-state index in [-0.39, 0.29) is 30.6 Å². The van der Waals surface area contributed by atoms with Crippen LogP contribution in [0, 0.1) is 6.92 Å². The van der Waals surface area contributed by atoms with E-state index < -0.39 is 27.9 Å². The summed E-state index contributed by atoms with van der Waals surface area (Å²) in [4.78, 5) is 43.6. The molecule has 0 aromatic heterocycles. The van der Waals surface area contributed by atoms with Crippen molar-refractivity contribution in [1.29, 1.82) is 0 Å². The number of rotatable bonds is 8. The Kier molecular flexibility index (Phi) is 8.08. The average molecular weight is 607 g/mol. The van der Waals surface area contributed by atoms with Crippen molar-refractivity contribution in [2.24, 2.45) is 0 Å². The molecule has 1 aliphatic carbocycles. The first-order valence-electron chi connectivity index (χ1n) is 13.7. The van der Waals surface area contributed by atoms with Crippen LogP contribution in [0.2, 0.25) is 0 Å². The van der Waals surface area contributed by atoms with Crippen LogP contribution in [0.15, 0.2) is 59.0 Å². The Balaban J connectivity index is 1.58. The van der Waals surface area contributed by atoms with Crippen molar-refractivity contribution in [2.45, 2.75) is 26.2 Å². The smallest absolute Gasteiger partial charge is 0.363 e. The highest BCUT2D eigenvalue weighted by molar-refractivity contribution is 7.85. The van der Waals surface area contributed by atoms with E-state index in [1.54, 1.807) is 12.1 Å². The van der Waals surface area contributed by atoms with Crippen molar-refractivity contribution >= 4 is 44.6 Å². The van der Waals surface area contributed by atoms with E-state index >= 15 is 0 Å². The van der Waals surface area contributed by atoms with Crippen molar-refractivity contribution in [3.8, 4) is 22.5 Å². The van der Waals surface area contributed by atoms with Gasteiger partial charge >= 0.3 is 5.97 Å². The molecule has 0 spiro atoms. The number of amides is 2. The number of hydroxylamine groups is 2. The summed E-state index contributed by atoms with van der Waals surface area (Å²) < 4.78 is 39.8. The van der Waals surface area contributed by atoms with Crippen LogP contribution in [0.5, 0.6) is 0 Å². The van der Waals surface area contributed by atoms with Gasteiger partial charge in [-0.15, -0.1) is 5.06 Å². The molecule has 224 valence electrons. The summed E-state index contributed by atoms with van der Waals surface area (Å²) in [6.45, 7) is 2.27. The van der Waals surface area contributed by atoms with Crippen molar-refractivity contribution in [1.82, 2.24) is 9.64 Å². The van der Waals surface area contributed by atoms with E-state index in [0.29, 0.717) is 23.0 Å². The summed E-state index contributed by atoms with van der Waals surface area (Å²) >= 11 is 0. The van der Waals surface area contributed by atoms with Gasteiger partial charge in [0, 0.05) is 60.8 Å². The van der Waals surface area contributed by atoms with Gasteiger partial charge in [-0.25, -0.2) is 9.37 Å². The summed E-state index contributed by atoms with van der Waals surface area (Å²) in [5.41, 5.74) is 4.98. The molecule has 3 aliphatic rings. The highest BCUT2D eigenvalue weighted by atomic mass is 32.2. The van der Waals surface area contributed by atoms with Crippen molar-refractivity contribution < 1.29 is 36.6 Å². The number of fused-ring (bicyclic) bond motifs is 2. The standard InChI is InChI=1S/C31H31N3O8S/c1-19-16-20(31(37)42-34-28(35)12-13-29(34)36)6-9-23(19)30-24-10-7-21(32(2)3)17-26(24)41-27-18-22(8-11-25(27)30)33(4)14-5-15-43(38,39)40/h6-11,16-18H,5,12-15H2,1-4H3/p+1. The number of aryl methyl sites for hydroxylation is 1. The fourth-order valence-electron chi connectivity index (χ4n) is 5.15. The third kappa shape index (κ3) is 6.30. The second-order valence-corrected chi connectivity index (χ2v) is 12.4. The Morgan fingerprint density at radius 2 is 1.72 bits per heavy atom. The summed E-state index contributed by atoms with van der Waals surface area (Å²) in [6, 6.07) is 16.8. The number of hydrogen-bond acceptors (Lipinski definition) is 8. The zero-order valence-corrected chi connectivity index (χ0v) is 25.1. The molecule has 2 amide bonds. The maximum atomic E-state index is 12.8. The largest absolute Gasteiger partial charge is 0.456 e. The summed E-state index contributed by atoms with van der Waals surface area (Å²) in [5.74, 6) is -1.57. The number of benzene rings is 3. The highest BCUT2D eigenvalue weighted by Crippen LogP contribution is 2.42. The predicted molar refractivity (Wildman–Crippen MR) is 161 cm³/mol. The summed E-state index contributed by atoms with van der Waals surface area (Å²) in [7, 11) is 1.67. The van der Waals surface area contributed by atoms with Gasteiger partial charge in [0.25, 0.3) is 21.9 Å². The van der Waals surface area contributed by atoms with Gasteiger partial charge in [-0.3, -0.25) is 14.1 Å². The normalized spacial score (nSPS) is 13.7. The lowest BCUT2D eigenvalue weighted by molar-refractivity contribution is -0.172. The van der Waals surface area contributed by atoms with Gasteiger partial charge in [0.1, 0.15) is 25.4 Å². The molecule has 2 aromatic rings. The molecule has 2 heterocycles. The third-order valence-corrected chi connectivity index (χ3v) is 8.26. The van der Waals surface area contributed by atoms with Gasteiger partial charge in [0.05, 0.1) is 17.4 Å². The maximum Gasteiger partial charge on any atom is 0.363 e. The maximum absolute atomic E-state index is 12.8. The molecule has 5 rings (SSSR count). The van der Waals surface area contributed by atoms with E-state index in [1.165, 1.54) is 0 Å². The van der Waals surface area contributed by atoms with Crippen LogP contribution in [0.4, 0.5) is 5.69 Å². The molecule has 0 radical (unpaired) electrons. The van der Waals surface area contributed by atoms with E-state index in [0.717, 1.165) is 38.7 Å². The minimum absolute atomic E-state index is 0.0148. The highest BCUT2D eigenvalue weighted by Gasteiger charge is 2.33. The third-order valence-electron chi connectivity index (χ3n) is 7.45. The zero-order chi connectivity index (χ0) is 31.1. The van der Waals surface area contributed by atoms with Gasteiger partial charge in [0.2, 0.25) is 5.36 Å². The molecule has 1 saturated heterocycles. The predicted octanol–water partition coefficient (Wildman–Crippen LogP) is 3.48. The van der Waals surface area contributed by atoms with E-state index in [9.17, 15) is 22.8 Å². The molecular formula is C31H32N3O8S+. The Morgan fingerprint density at radius 1 is 1.02 bits per heavy atom. The van der Waals surface area contributed by atoms with Crippen LogP contribution in [0.3, 0.4) is 0 Å². The second kappa shape index (κ2) is 11.6. The molecule has 0 atom stereocenters. The Morgan fingerprint density at radius 3 is 2.37 bits per heavy atom. The van der Waals surface area contributed by atoms with E-state index in [1.807, 2.05) is 80.0 Å². The van der Waals surface area contributed by atoms with Crippen molar-refractivity contribution in [3.05, 3.63) is 71.1 Å². The SMILES string of the molecule is Cc1cc(C(=O)ON2C(=O)CCC2=O)ccc1-c1c2ccc(=[N+](C)C)cc-2oc2cc(N(C)CCCS(=O)(=O)O)ccc12. The number of nitrogens with zero attached hydrogens (tertiary/aromatic N) is 3. The zero-order valence-electron chi connectivity index (χ0n) is 24.3. The molecule has 1 fully saturated rings. The average Bonchev–Trinajstić information content (AvgIpc) is 3.26. The molecule has 12 heteroatoms. The number of carbonyl (C=O) groups is 3. The summed E-state index contributed by atoms with van der Waals surface area (Å²) in [5, 5.41) is 2.30. The molecule has 43 heavy (non-hydrogen) atoms. The van der Waals surface area contributed by atoms with Gasteiger partial charge in [-0.1, -0.05) is 6.07 Å². The lowest BCUT2D eigenvalue weighted by Crippen LogP contribution is -2.32. The quantitative estimate of drug-likeness (QED) is 0.138. The van der Waals surface area contributed by atoms with Crippen LogP contribution in [-0.2, 0) is 24.5 Å². The van der Waals surface area contributed by atoms with Crippen LogP contribution in [0.1, 0.15) is 35.2 Å². The molecular weight excluding hydrogens is 574 g/mol. The lowest BCUT2D eigenvalue weighted by Gasteiger charge is -2.21. The van der Waals surface area contributed by atoms with E-state index in [2.05, 4.69) is 0 Å². The summed E-state index contributed by atoms with van der Waals surface area (Å²) in [6.07, 6.45) is 0.287. The van der Waals surface area contributed by atoms with E-state index in [4.69, 9.17) is 13.8 Å². The van der Waals surface area contributed by atoms with Gasteiger partial charge < -0.3 is 14.2 Å². The monoisotopic (exact) mass is 606 g/mol. The molecule has 2 aromatic carbocycles. The first-order valence-corrected chi connectivity index (χ1v) is 15.3.